The van der Waals surface area contributed by atoms with Crippen molar-refractivity contribution >= 4 is 5.91 Å². The van der Waals surface area contributed by atoms with Crippen LogP contribution in [0.3, 0.4) is 0 Å². The lowest BCUT2D eigenvalue weighted by Gasteiger charge is -2.58. The van der Waals surface area contributed by atoms with Gasteiger partial charge in [-0.1, -0.05) is 50.2 Å². The van der Waals surface area contributed by atoms with Gasteiger partial charge < -0.3 is 19.4 Å². The number of pyridine rings is 1. The van der Waals surface area contributed by atoms with Crippen molar-refractivity contribution < 1.29 is 14.4 Å². The normalized spacial score (nSPS) is 22.0. The Morgan fingerprint density at radius 3 is 2.39 bits per heavy atom. The zero-order valence-corrected chi connectivity index (χ0v) is 22.9. The first-order chi connectivity index (χ1) is 18.0. The molecule has 3 aromatic rings. The number of hydrogen-bond acceptors (Lipinski definition) is 7. The van der Waals surface area contributed by atoms with E-state index in [9.17, 15) is 9.90 Å². The smallest absolute Gasteiger partial charge is 0.230 e. The van der Waals surface area contributed by atoms with E-state index < -0.39 is 5.60 Å². The van der Waals surface area contributed by atoms with Crippen LogP contribution in [0.25, 0.3) is 11.4 Å². The molecule has 2 aromatic heterocycles. The van der Waals surface area contributed by atoms with Gasteiger partial charge in [-0.05, 0) is 43.0 Å². The van der Waals surface area contributed by atoms with Gasteiger partial charge in [0.15, 0.2) is 0 Å². The summed E-state index contributed by atoms with van der Waals surface area (Å²) in [5.41, 5.74) is 2.19. The lowest BCUT2D eigenvalue weighted by molar-refractivity contribution is -0.149. The van der Waals surface area contributed by atoms with Crippen LogP contribution in [0.4, 0.5) is 0 Å². The van der Waals surface area contributed by atoms with E-state index in [0.717, 1.165) is 55.7 Å². The van der Waals surface area contributed by atoms with Crippen LogP contribution in [-0.4, -0.2) is 69.2 Å². The fourth-order valence-corrected chi connectivity index (χ4v) is 7.03. The summed E-state index contributed by atoms with van der Waals surface area (Å²) in [6.45, 7) is 11.3. The molecule has 8 heteroatoms. The zero-order chi connectivity index (χ0) is 26.9. The maximum atomic E-state index is 12.5. The molecule has 3 fully saturated rings. The van der Waals surface area contributed by atoms with Crippen LogP contribution < -0.4 is 0 Å². The quantitative estimate of drug-likeness (QED) is 0.526. The number of aliphatic hydroxyl groups is 1. The average molecular weight is 516 g/mol. The summed E-state index contributed by atoms with van der Waals surface area (Å²) in [5, 5.41) is 16.8. The van der Waals surface area contributed by atoms with E-state index in [4.69, 9.17) is 9.51 Å². The Balaban J connectivity index is 1.27. The minimum absolute atomic E-state index is 0.143. The van der Waals surface area contributed by atoms with E-state index in [1.807, 2.05) is 11.0 Å². The summed E-state index contributed by atoms with van der Waals surface area (Å²) >= 11 is 0. The maximum Gasteiger partial charge on any atom is 0.230 e. The van der Waals surface area contributed by atoms with Gasteiger partial charge in [-0.25, -0.2) is 0 Å². The van der Waals surface area contributed by atoms with Crippen molar-refractivity contribution in [2.24, 2.45) is 10.8 Å². The third kappa shape index (κ3) is 3.88. The molecule has 1 aliphatic carbocycles. The van der Waals surface area contributed by atoms with Crippen molar-refractivity contribution in [2.75, 3.05) is 33.2 Å². The largest absolute Gasteiger partial charge is 0.380 e. The number of benzene rings is 1. The number of hydrogen-bond donors (Lipinski definition) is 1. The van der Waals surface area contributed by atoms with Gasteiger partial charge in [0.2, 0.25) is 17.6 Å². The monoisotopic (exact) mass is 515 g/mol. The lowest BCUT2D eigenvalue weighted by atomic mass is 9.57. The number of rotatable bonds is 6. The predicted octanol–water partition coefficient (Wildman–Crippen LogP) is 4.17. The van der Waals surface area contributed by atoms with E-state index in [1.54, 1.807) is 19.3 Å². The Bertz CT molecular complexity index is 1350. The summed E-state index contributed by atoms with van der Waals surface area (Å²) in [7, 11) is 2.07. The molecule has 3 aliphatic rings. The second-order valence-corrected chi connectivity index (χ2v) is 12.6. The summed E-state index contributed by atoms with van der Waals surface area (Å²) in [5.74, 6) is 1.92. The number of carbonyl (C=O) groups is 1. The fourth-order valence-electron chi connectivity index (χ4n) is 7.03. The summed E-state index contributed by atoms with van der Waals surface area (Å²) < 4.78 is 5.68. The molecule has 1 amide bonds. The predicted molar refractivity (Wildman–Crippen MR) is 143 cm³/mol. The number of nitrogens with zero attached hydrogens (tertiary/aromatic N) is 5. The molecule has 1 N–H and O–H groups in total. The van der Waals surface area contributed by atoms with Crippen molar-refractivity contribution in [3.63, 3.8) is 0 Å². The topological polar surface area (TPSA) is 95.6 Å². The van der Waals surface area contributed by atoms with Gasteiger partial charge in [-0.2, -0.15) is 4.98 Å². The van der Waals surface area contributed by atoms with Crippen molar-refractivity contribution in [1.82, 2.24) is 24.9 Å². The van der Waals surface area contributed by atoms with Crippen molar-refractivity contribution in [1.29, 1.82) is 0 Å². The highest BCUT2D eigenvalue weighted by molar-refractivity contribution is 5.74. The lowest BCUT2D eigenvalue weighted by Crippen LogP contribution is -2.63. The van der Waals surface area contributed by atoms with Gasteiger partial charge in [-0.3, -0.25) is 9.78 Å². The Morgan fingerprint density at radius 2 is 1.79 bits per heavy atom. The van der Waals surface area contributed by atoms with Crippen LogP contribution in [0, 0.1) is 10.8 Å². The molecule has 1 atom stereocenters. The molecule has 1 spiro atoms. The molecule has 6 rings (SSSR count). The molecule has 1 aromatic carbocycles. The van der Waals surface area contributed by atoms with Gasteiger partial charge in [0.05, 0.1) is 0 Å². The standard InChI is InChI=1S/C30H37N5O3/c1-19(2)21-6-8-24(9-7-21)30(37,28(4)15-34(5)16-28)25-10-22(13-31-14-25)26-32-27(38-33-26)23-11-29(12-23)17-35(18-29)20(3)36/h6-10,13-14,19,23,37H,11-12,15-18H2,1-5H3/t30-/m0/s1. The Kier molecular flexibility index (Phi) is 5.78. The van der Waals surface area contributed by atoms with E-state index in [2.05, 4.69) is 67.1 Å². The number of carbonyl (C=O) groups excluding carboxylic acids is 1. The summed E-state index contributed by atoms with van der Waals surface area (Å²) in [6, 6.07) is 10.3. The average Bonchev–Trinajstić information content (AvgIpc) is 3.31. The van der Waals surface area contributed by atoms with Gasteiger partial charge >= 0.3 is 0 Å². The highest BCUT2D eigenvalue weighted by Gasteiger charge is 2.56. The van der Waals surface area contributed by atoms with Gasteiger partial charge in [-0.15, -0.1) is 0 Å². The molecule has 8 nitrogen and oxygen atoms in total. The number of likely N-dealkylation sites (tertiary alicyclic amines) is 2. The molecule has 2 saturated heterocycles. The number of amides is 1. The minimum atomic E-state index is -1.22. The highest BCUT2D eigenvalue weighted by Crippen LogP contribution is 2.56. The molecule has 0 bridgehead atoms. The molecule has 38 heavy (non-hydrogen) atoms. The van der Waals surface area contributed by atoms with E-state index in [-0.39, 0.29) is 22.7 Å². The van der Waals surface area contributed by atoms with E-state index in [0.29, 0.717) is 17.6 Å². The number of aromatic nitrogens is 3. The molecular formula is C30H37N5O3. The van der Waals surface area contributed by atoms with Gasteiger partial charge in [0, 0.05) is 73.4 Å². The first-order valence-corrected chi connectivity index (χ1v) is 13.6. The van der Waals surface area contributed by atoms with Crippen LogP contribution in [0.5, 0.6) is 0 Å². The highest BCUT2D eigenvalue weighted by atomic mass is 16.5. The Hall–Kier alpha value is -3.10. The van der Waals surface area contributed by atoms with Crippen LogP contribution in [0.2, 0.25) is 0 Å². The fraction of sp³-hybridized carbons (Fsp3) is 0.533. The zero-order valence-electron chi connectivity index (χ0n) is 22.9. The first kappa shape index (κ1) is 25.2. The summed E-state index contributed by atoms with van der Waals surface area (Å²) in [6.07, 6.45) is 5.43. The van der Waals surface area contributed by atoms with Crippen LogP contribution in [0.15, 0.2) is 47.2 Å². The van der Waals surface area contributed by atoms with E-state index >= 15 is 0 Å². The third-order valence-corrected chi connectivity index (χ3v) is 9.17. The van der Waals surface area contributed by atoms with Gasteiger partial charge in [0.1, 0.15) is 5.60 Å². The minimum Gasteiger partial charge on any atom is -0.380 e. The molecule has 0 radical (unpaired) electrons. The summed E-state index contributed by atoms with van der Waals surface area (Å²) in [4.78, 5) is 24.9. The van der Waals surface area contributed by atoms with Crippen LogP contribution in [0.1, 0.15) is 75.0 Å². The van der Waals surface area contributed by atoms with Gasteiger partial charge in [0.25, 0.3) is 0 Å². The molecule has 1 saturated carbocycles. The van der Waals surface area contributed by atoms with Crippen LogP contribution >= 0.6 is 0 Å². The second-order valence-electron chi connectivity index (χ2n) is 12.6. The van der Waals surface area contributed by atoms with Crippen LogP contribution in [-0.2, 0) is 10.4 Å². The molecule has 200 valence electrons. The maximum absolute atomic E-state index is 12.5. The van der Waals surface area contributed by atoms with Crippen molar-refractivity contribution in [3.8, 4) is 11.4 Å². The third-order valence-electron chi connectivity index (χ3n) is 9.17. The van der Waals surface area contributed by atoms with E-state index in [1.165, 1.54) is 5.56 Å². The molecular weight excluding hydrogens is 478 g/mol. The van der Waals surface area contributed by atoms with Crippen molar-refractivity contribution in [2.45, 2.75) is 58.0 Å². The first-order valence-electron chi connectivity index (χ1n) is 13.6. The molecule has 2 aliphatic heterocycles. The second kappa shape index (κ2) is 8.71. The van der Waals surface area contributed by atoms with Crippen molar-refractivity contribution in [3.05, 3.63) is 65.3 Å². The SMILES string of the molecule is CC(=O)N1CC2(CC(c3nc(-c4cncc([C@@](O)(c5ccc(C(C)C)cc5)C5(C)CN(C)C5)c4)no3)C2)C1. The Morgan fingerprint density at radius 1 is 1.11 bits per heavy atom. The molecule has 0 unspecified atom stereocenters. The molecule has 4 heterocycles. The Labute approximate surface area is 224 Å².